The minimum atomic E-state index is -1.16. The number of nitrogens with one attached hydrogen (secondary N) is 1. The molecule has 0 aromatic carbocycles. The van der Waals surface area contributed by atoms with Gasteiger partial charge in [-0.25, -0.2) is 0 Å². The zero-order valence-corrected chi connectivity index (χ0v) is 18.6. The van der Waals surface area contributed by atoms with Crippen LogP contribution in [0.1, 0.15) is 19.4 Å². The van der Waals surface area contributed by atoms with E-state index in [0.29, 0.717) is 42.4 Å². The molecule has 7 nitrogen and oxygen atoms in total. The molecule has 0 amide bonds. The number of nitrogens with zero attached hydrogens (tertiary/aromatic N) is 4. The summed E-state index contributed by atoms with van der Waals surface area (Å²) in [6, 6.07) is 3.29. The lowest BCUT2D eigenvalue weighted by molar-refractivity contribution is 0.0898. The Morgan fingerprint density at radius 3 is 2.63 bits per heavy atom. The standard InChI is InChI=1S/C18H28ClN5O2Si/c1-18(2,11-25-3)23-15-14-13(9-20)10-24(16(14)22-17(19)21-15)12-26-7-8-27(4,5)6/h10H,7-8,11-12H2,1-6H3,(H,21,22,23). The van der Waals surface area contributed by atoms with Crippen molar-refractivity contribution >= 4 is 36.5 Å². The lowest BCUT2D eigenvalue weighted by Gasteiger charge is -2.26. The van der Waals surface area contributed by atoms with E-state index >= 15 is 0 Å². The third kappa shape index (κ3) is 5.91. The van der Waals surface area contributed by atoms with Crippen molar-refractivity contribution in [3.05, 3.63) is 17.0 Å². The topological polar surface area (TPSA) is 85.0 Å². The molecule has 0 atom stereocenters. The summed E-state index contributed by atoms with van der Waals surface area (Å²) in [5, 5.41) is 13.7. The molecule has 148 valence electrons. The van der Waals surface area contributed by atoms with Crippen LogP contribution < -0.4 is 5.32 Å². The molecule has 0 aliphatic heterocycles. The molecule has 2 heterocycles. The van der Waals surface area contributed by atoms with Gasteiger partial charge in [-0.05, 0) is 31.5 Å². The second kappa shape index (κ2) is 8.57. The lowest BCUT2D eigenvalue weighted by Crippen LogP contribution is -2.36. The van der Waals surface area contributed by atoms with E-state index in [4.69, 9.17) is 21.1 Å². The van der Waals surface area contributed by atoms with Crippen LogP contribution in [0.5, 0.6) is 0 Å². The van der Waals surface area contributed by atoms with Gasteiger partial charge in [-0.1, -0.05) is 19.6 Å². The predicted octanol–water partition coefficient (Wildman–Crippen LogP) is 4.11. The van der Waals surface area contributed by atoms with Gasteiger partial charge in [0.1, 0.15) is 24.3 Å². The summed E-state index contributed by atoms with van der Waals surface area (Å²) in [7, 11) is 0.481. The van der Waals surface area contributed by atoms with E-state index in [9.17, 15) is 5.26 Å². The van der Waals surface area contributed by atoms with Crippen LogP contribution >= 0.6 is 11.6 Å². The van der Waals surface area contributed by atoms with Crippen molar-refractivity contribution < 1.29 is 9.47 Å². The highest BCUT2D eigenvalue weighted by Crippen LogP contribution is 2.29. The maximum absolute atomic E-state index is 9.58. The fourth-order valence-corrected chi connectivity index (χ4v) is 3.61. The van der Waals surface area contributed by atoms with Crippen LogP contribution in [0.4, 0.5) is 5.82 Å². The van der Waals surface area contributed by atoms with E-state index in [1.165, 1.54) is 0 Å². The van der Waals surface area contributed by atoms with Crippen LogP contribution in [0, 0.1) is 11.3 Å². The first kappa shape index (κ1) is 21.6. The van der Waals surface area contributed by atoms with E-state index in [1.807, 2.05) is 13.8 Å². The molecule has 2 aromatic rings. The quantitative estimate of drug-likeness (QED) is 0.381. The van der Waals surface area contributed by atoms with Crippen LogP contribution in [0.2, 0.25) is 31.0 Å². The molecule has 0 aliphatic rings. The largest absolute Gasteiger partial charge is 0.382 e. The monoisotopic (exact) mass is 409 g/mol. The van der Waals surface area contributed by atoms with Crippen molar-refractivity contribution in [2.45, 2.75) is 51.8 Å². The average Bonchev–Trinajstić information content (AvgIpc) is 2.88. The fraction of sp³-hybridized carbons (Fsp3) is 0.611. The maximum Gasteiger partial charge on any atom is 0.226 e. The highest BCUT2D eigenvalue weighted by molar-refractivity contribution is 6.76. The average molecular weight is 410 g/mol. The number of anilines is 1. The van der Waals surface area contributed by atoms with Crippen molar-refractivity contribution in [3.63, 3.8) is 0 Å². The Morgan fingerprint density at radius 1 is 1.33 bits per heavy atom. The number of ether oxygens (including phenoxy) is 2. The van der Waals surface area contributed by atoms with Gasteiger partial charge in [-0.3, -0.25) is 0 Å². The van der Waals surface area contributed by atoms with Crippen molar-refractivity contribution in [1.29, 1.82) is 5.26 Å². The van der Waals surface area contributed by atoms with Crippen molar-refractivity contribution in [3.8, 4) is 6.07 Å². The van der Waals surface area contributed by atoms with Crippen molar-refractivity contribution in [2.24, 2.45) is 0 Å². The summed E-state index contributed by atoms with van der Waals surface area (Å²) in [5.74, 6) is 0.518. The minimum Gasteiger partial charge on any atom is -0.382 e. The van der Waals surface area contributed by atoms with E-state index in [2.05, 4.69) is 41.0 Å². The first-order chi connectivity index (χ1) is 12.6. The Labute approximate surface area is 166 Å². The highest BCUT2D eigenvalue weighted by atomic mass is 35.5. The van der Waals surface area contributed by atoms with Crippen LogP contribution in [-0.4, -0.2) is 48.5 Å². The normalized spacial score (nSPS) is 12.4. The summed E-state index contributed by atoms with van der Waals surface area (Å²) in [6.45, 7) is 12.4. The summed E-state index contributed by atoms with van der Waals surface area (Å²) >= 11 is 6.15. The molecule has 2 rings (SSSR count). The van der Waals surface area contributed by atoms with E-state index < -0.39 is 8.07 Å². The molecule has 9 heteroatoms. The van der Waals surface area contributed by atoms with Gasteiger partial charge < -0.3 is 19.4 Å². The summed E-state index contributed by atoms with van der Waals surface area (Å²) in [5.41, 5.74) is 0.670. The predicted molar refractivity (Wildman–Crippen MR) is 111 cm³/mol. The van der Waals surface area contributed by atoms with Gasteiger partial charge >= 0.3 is 0 Å². The molecule has 0 radical (unpaired) electrons. The number of halogens is 1. The Balaban J connectivity index is 2.35. The van der Waals surface area contributed by atoms with Gasteiger partial charge in [-0.2, -0.15) is 15.2 Å². The van der Waals surface area contributed by atoms with E-state index in [-0.39, 0.29) is 10.8 Å². The second-order valence-electron chi connectivity index (χ2n) is 8.45. The number of hydrogen-bond acceptors (Lipinski definition) is 6. The molecule has 0 unspecified atom stereocenters. The smallest absolute Gasteiger partial charge is 0.226 e. The molecule has 0 aliphatic carbocycles. The first-order valence-corrected chi connectivity index (χ1v) is 13.0. The number of nitriles is 1. The van der Waals surface area contributed by atoms with Gasteiger partial charge in [0, 0.05) is 28.0 Å². The summed E-state index contributed by atoms with van der Waals surface area (Å²) in [4.78, 5) is 8.64. The van der Waals surface area contributed by atoms with Crippen LogP contribution in [-0.2, 0) is 16.2 Å². The number of rotatable bonds is 9. The van der Waals surface area contributed by atoms with Gasteiger partial charge in [0.05, 0.1) is 23.1 Å². The molecule has 0 fully saturated rings. The Hall–Kier alpha value is -1.66. The molecule has 2 aromatic heterocycles. The Kier molecular flexibility index (Phi) is 6.86. The summed E-state index contributed by atoms with van der Waals surface area (Å²) in [6.07, 6.45) is 1.73. The summed E-state index contributed by atoms with van der Waals surface area (Å²) < 4.78 is 12.9. The third-order valence-corrected chi connectivity index (χ3v) is 5.87. The third-order valence-electron chi connectivity index (χ3n) is 4.00. The number of hydrogen-bond donors (Lipinski definition) is 1. The molecular formula is C18H28ClN5O2Si. The molecule has 0 bridgehead atoms. The molecule has 1 N–H and O–H groups in total. The van der Waals surface area contributed by atoms with E-state index in [0.717, 1.165) is 6.04 Å². The second-order valence-corrected chi connectivity index (χ2v) is 14.4. The van der Waals surface area contributed by atoms with Crippen LogP contribution in [0.3, 0.4) is 0 Å². The van der Waals surface area contributed by atoms with Gasteiger partial charge in [0.25, 0.3) is 0 Å². The highest BCUT2D eigenvalue weighted by Gasteiger charge is 2.23. The zero-order chi connectivity index (χ0) is 20.2. The van der Waals surface area contributed by atoms with Crippen LogP contribution in [0.25, 0.3) is 11.0 Å². The Bertz CT molecular complexity index is 839. The first-order valence-electron chi connectivity index (χ1n) is 8.88. The molecule has 0 saturated carbocycles. The van der Waals surface area contributed by atoms with E-state index in [1.54, 1.807) is 17.9 Å². The number of fused-ring (bicyclic) bond motifs is 1. The van der Waals surface area contributed by atoms with Gasteiger partial charge in [-0.15, -0.1) is 0 Å². The zero-order valence-electron chi connectivity index (χ0n) is 16.9. The van der Waals surface area contributed by atoms with Crippen molar-refractivity contribution in [1.82, 2.24) is 14.5 Å². The molecule has 0 spiro atoms. The molecule has 27 heavy (non-hydrogen) atoms. The van der Waals surface area contributed by atoms with Crippen molar-refractivity contribution in [2.75, 3.05) is 25.6 Å². The number of methoxy groups -OCH3 is 1. The molecular weight excluding hydrogens is 382 g/mol. The number of aromatic nitrogens is 3. The SMILES string of the molecule is COCC(C)(C)Nc1nc(Cl)nc2c1c(C#N)cn2COCC[Si](C)(C)C. The van der Waals surface area contributed by atoms with Gasteiger partial charge in [0.2, 0.25) is 5.28 Å². The minimum absolute atomic E-state index is 0.115. The Morgan fingerprint density at radius 2 is 2.04 bits per heavy atom. The maximum atomic E-state index is 9.58. The lowest BCUT2D eigenvalue weighted by atomic mass is 10.1. The van der Waals surface area contributed by atoms with Gasteiger partial charge in [0.15, 0.2) is 0 Å². The van der Waals surface area contributed by atoms with Crippen LogP contribution in [0.15, 0.2) is 6.20 Å². The fourth-order valence-electron chi connectivity index (χ4n) is 2.69. The molecule has 0 saturated heterocycles.